The Morgan fingerprint density at radius 3 is 2.80 bits per heavy atom. The molecule has 3 heteroatoms. The van der Waals surface area contributed by atoms with Crippen molar-refractivity contribution in [2.24, 2.45) is 22.7 Å². The number of hydrogen-bond acceptors (Lipinski definition) is 3. The van der Waals surface area contributed by atoms with Crippen LogP contribution in [0.2, 0.25) is 0 Å². The van der Waals surface area contributed by atoms with Crippen molar-refractivity contribution in [2.45, 2.75) is 64.9 Å². The largest absolute Gasteiger partial charge is 0.381 e. The van der Waals surface area contributed by atoms with Gasteiger partial charge in [0.05, 0.1) is 0 Å². The molecule has 0 aromatic rings. The highest BCUT2D eigenvalue weighted by atomic mass is 16.3. The van der Waals surface area contributed by atoms with Crippen LogP contribution in [0.4, 0.5) is 0 Å². The number of Topliss-reactive ketones (excluding diaryl/α,β-unsaturated/α-hetero) is 1. The van der Waals surface area contributed by atoms with Gasteiger partial charge in [-0.15, -0.1) is 0 Å². The van der Waals surface area contributed by atoms with E-state index >= 15 is 0 Å². The summed E-state index contributed by atoms with van der Waals surface area (Å²) in [5.74, 6) is 0.839. The molecular formula is C22H28O3. The number of rotatable bonds is 2. The Kier molecular flexibility index (Phi) is 3.57. The lowest BCUT2D eigenvalue weighted by Gasteiger charge is -2.53. The van der Waals surface area contributed by atoms with Crippen LogP contribution in [0.15, 0.2) is 35.5 Å². The monoisotopic (exact) mass is 340 g/mol. The predicted molar refractivity (Wildman–Crippen MR) is 96.8 cm³/mol. The quantitative estimate of drug-likeness (QED) is 0.775. The molecular weight excluding hydrogens is 312 g/mol. The van der Waals surface area contributed by atoms with Crippen LogP contribution in [0.3, 0.4) is 0 Å². The van der Waals surface area contributed by atoms with Crippen molar-refractivity contribution in [1.29, 1.82) is 0 Å². The summed E-state index contributed by atoms with van der Waals surface area (Å²) in [6, 6.07) is 0. The summed E-state index contributed by atoms with van der Waals surface area (Å²) in [4.78, 5) is 24.3. The van der Waals surface area contributed by atoms with E-state index in [1.165, 1.54) is 11.1 Å². The van der Waals surface area contributed by atoms with Crippen LogP contribution in [-0.2, 0) is 9.59 Å². The average molecular weight is 340 g/mol. The van der Waals surface area contributed by atoms with E-state index in [9.17, 15) is 14.7 Å². The van der Waals surface area contributed by atoms with Gasteiger partial charge < -0.3 is 5.11 Å². The third kappa shape index (κ3) is 2.02. The minimum atomic E-state index is -1.18. The molecule has 134 valence electrons. The van der Waals surface area contributed by atoms with Gasteiger partial charge in [0.1, 0.15) is 5.60 Å². The molecule has 0 spiro atoms. The summed E-state index contributed by atoms with van der Waals surface area (Å²) < 4.78 is 0. The summed E-state index contributed by atoms with van der Waals surface area (Å²) in [7, 11) is 0. The first-order valence-corrected chi connectivity index (χ1v) is 9.67. The molecule has 4 aliphatic rings. The third-order valence-electron chi connectivity index (χ3n) is 7.88. The summed E-state index contributed by atoms with van der Waals surface area (Å²) in [5, 5.41) is 11.3. The molecule has 1 N–H and O–H groups in total. The lowest BCUT2D eigenvalue weighted by molar-refractivity contribution is -0.152. The SMILES string of the molecule is CCC(=O)[C@@]1(O)CCC2C3CCC4=CC(=O)C=C[C@]4(C)C3=CC[C@@]21C. The first kappa shape index (κ1) is 17.0. The van der Waals surface area contributed by atoms with Crippen molar-refractivity contribution in [3.63, 3.8) is 0 Å². The van der Waals surface area contributed by atoms with Crippen molar-refractivity contribution in [3.05, 3.63) is 35.5 Å². The number of aliphatic hydroxyl groups is 1. The molecule has 4 aliphatic carbocycles. The number of allylic oxidation sites excluding steroid dienone is 6. The van der Waals surface area contributed by atoms with E-state index in [2.05, 4.69) is 26.0 Å². The molecule has 0 aliphatic heterocycles. The number of carbonyl (C=O) groups is 2. The van der Waals surface area contributed by atoms with Crippen molar-refractivity contribution in [2.75, 3.05) is 0 Å². The van der Waals surface area contributed by atoms with E-state index in [4.69, 9.17) is 0 Å². The Bertz CT molecular complexity index is 742. The predicted octanol–water partition coefficient (Wildman–Crippen LogP) is 3.92. The Hall–Kier alpha value is -1.48. The molecule has 4 rings (SSSR count). The number of ketones is 2. The van der Waals surface area contributed by atoms with Crippen molar-refractivity contribution < 1.29 is 14.7 Å². The van der Waals surface area contributed by atoms with Crippen LogP contribution < -0.4 is 0 Å². The van der Waals surface area contributed by atoms with E-state index in [0.29, 0.717) is 24.7 Å². The van der Waals surface area contributed by atoms with E-state index in [1.54, 1.807) is 6.08 Å². The zero-order valence-electron chi connectivity index (χ0n) is 15.5. The molecule has 0 heterocycles. The van der Waals surface area contributed by atoms with E-state index < -0.39 is 5.60 Å². The number of carbonyl (C=O) groups excluding carboxylic acids is 2. The zero-order valence-corrected chi connectivity index (χ0v) is 15.5. The normalized spacial score (nSPS) is 45.2. The fraction of sp³-hybridized carbons (Fsp3) is 0.636. The van der Waals surface area contributed by atoms with Crippen LogP contribution in [0, 0.1) is 22.7 Å². The van der Waals surface area contributed by atoms with Gasteiger partial charge in [0.25, 0.3) is 0 Å². The fourth-order valence-corrected chi connectivity index (χ4v) is 6.29. The Balaban J connectivity index is 1.77. The van der Waals surface area contributed by atoms with E-state index in [0.717, 1.165) is 25.7 Å². The van der Waals surface area contributed by atoms with Crippen molar-refractivity contribution in [3.8, 4) is 0 Å². The summed E-state index contributed by atoms with van der Waals surface area (Å²) in [6.45, 7) is 6.20. The number of fused-ring (bicyclic) bond motifs is 5. The van der Waals surface area contributed by atoms with Gasteiger partial charge in [-0.25, -0.2) is 0 Å². The smallest absolute Gasteiger partial charge is 0.178 e. The molecule has 3 nitrogen and oxygen atoms in total. The maximum absolute atomic E-state index is 12.6. The lowest BCUT2D eigenvalue weighted by Crippen LogP contribution is -2.54. The highest BCUT2D eigenvalue weighted by Gasteiger charge is 2.63. The number of hydrogen-bond donors (Lipinski definition) is 1. The summed E-state index contributed by atoms with van der Waals surface area (Å²) >= 11 is 0. The Morgan fingerprint density at radius 2 is 2.08 bits per heavy atom. The highest BCUT2D eigenvalue weighted by Crippen LogP contribution is 2.65. The minimum Gasteiger partial charge on any atom is -0.381 e. The second kappa shape index (κ2) is 5.26. The molecule has 2 fully saturated rings. The van der Waals surface area contributed by atoms with Gasteiger partial charge in [-0.2, -0.15) is 0 Å². The van der Waals surface area contributed by atoms with Gasteiger partial charge in [-0.3, -0.25) is 9.59 Å². The van der Waals surface area contributed by atoms with Crippen molar-refractivity contribution in [1.82, 2.24) is 0 Å². The Morgan fingerprint density at radius 1 is 1.32 bits per heavy atom. The first-order chi connectivity index (χ1) is 11.8. The van der Waals surface area contributed by atoms with Crippen LogP contribution in [0.1, 0.15) is 59.3 Å². The van der Waals surface area contributed by atoms with Gasteiger partial charge >= 0.3 is 0 Å². The Labute approximate surface area is 149 Å². The minimum absolute atomic E-state index is 0.000106. The zero-order chi connectivity index (χ0) is 18.0. The maximum atomic E-state index is 12.6. The molecule has 25 heavy (non-hydrogen) atoms. The van der Waals surface area contributed by atoms with E-state index in [-0.39, 0.29) is 22.4 Å². The van der Waals surface area contributed by atoms with E-state index in [1.807, 2.05) is 13.0 Å². The van der Waals surface area contributed by atoms with Crippen molar-refractivity contribution >= 4 is 11.6 Å². The summed E-state index contributed by atoms with van der Waals surface area (Å²) in [6.07, 6.45) is 12.5. The maximum Gasteiger partial charge on any atom is 0.178 e. The molecule has 0 bridgehead atoms. The molecule has 2 unspecified atom stereocenters. The molecule has 0 aromatic heterocycles. The third-order valence-corrected chi connectivity index (χ3v) is 7.88. The fourth-order valence-electron chi connectivity index (χ4n) is 6.29. The molecule has 0 saturated heterocycles. The van der Waals surface area contributed by atoms with Crippen LogP contribution in [0.25, 0.3) is 0 Å². The summed E-state index contributed by atoms with van der Waals surface area (Å²) in [5.41, 5.74) is 0.936. The molecule has 5 atom stereocenters. The second-order valence-corrected chi connectivity index (χ2v) is 8.82. The second-order valence-electron chi connectivity index (χ2n) is 8.82. The van der Waals surface area contributed by atoms with Crippen LogP contribution in [-0.4, -0.2) is 22.3 Å². The molecule has 0 radical (unpaired) electrons. The topological polar surface area (TPSA) is 54.4 Å². The van der Waals surface area contributed by atoms with Crippen LogP contribution in [0.5, 0.6) is 0 Å². The van der Waals surface area contributed by atoms with Crippen LogP contribution >= 0.6 is 0 Å². The molecule has 2 saturated carbocycles. The van der Waals surface area contributed by atoms with Gasteiger partial charge in [-0.05, 0) is 63.0 Å². The van der Waals surface area contributed by atoms with Gasteiger partial charge in [0.2, 0.25) is 0 Å². The lowest BCUT2D eigenvalue weighted by atomic mass is 9.51. The van der Waals surface area contributed by atoms with Gasteiger partial charge in [-0.1, -0.05) is 37.1 Å². The first-order valence-electron chi connectivity index (χ1n) is 9.67. The molecule has 0 aromatic carbocycles. The van der Waals surface area contributed by atoms with Gasteiger partial charge in [0, 0.05) is 17.3 Å². The molecule has 0 amide bonds. The van der Waals surface area contributed by atoms with Gasteiger partial charge in [0.15, 0.2) is 11.6 Å². The highest BCUT2D eigenvalue weighted by molar-refractivity contribution is 6.01. The standard InChI is InChI=1S/C22H28O3/c1-4-19(24)22(25)12-9-18-16-6-5-14-13-15(23)7-10-20(14,2)17(16)8-11-21(18,22)3/h7-8,10,13,16,18,25H,4-6,9,11-12H2,1-3H3/t16?,18?,20-,21-,22-/m0/s1. The average Bonchev–Trinajstić information content (AvgIpc) is 2.87.